The summed E-state index contributed by atoms with van der Waals surface area (Å²) in [7, 11) is 3.10. The zero-order valence-electron chi connectivity index (χ0n) is 18.8. The van der Waals surface area contributed by atoms with Gasteiger partial charge < -0.3 is 14.2 Å². The van der Waals surface area contributed by atoms with E-state index in [0.29, 0.717) is 37.7 Å². The molecule has 4 rings (SSSR count). The normalized spacial score (nSPS) is 15.6. The van der Waals surface area contributed by atoms with E-state index in [-0.39, 0.29) is 12.2 Å². The number of nitrogens with zero attached hydrogens (tertiary/aromatic N) is 2. The number of rotatable bonds is 6. The molecule has 8 heteroatoms. The smallest absolute Gasteiger partial charge is 0.338 e. The van der Waals surface area contributed by atoms with Crippen molar-refractivity contribution in [3.05, 3.63) is 90.6 Å². The molecule has 0 bridgehead atoms. The number of methoxy groups -OCH3 is 2. The molecule has 0 radical (unpaired) electrons. The number of benzene rings is 2. The topological polar surface area (TPSA) is 79.1 Å². The van der Waals surface area contributed by atoms with Crippen molar-refractivity contribution in [2.24, 2.45) is 4.99 Å². The molecular formula is C25H24N2O5S. The zero-order chi connectivity index (χ0) is 23.5. The van der Waals surface area contributed by atoms with Crippen LogP contribution in [0.2, 0.25) is 0 Å². The highest BCUT2D eigenvalue weighted by atomic mass is 32.1. The van der Waals surface area contributed by atoms with Gasteiger partial charge in [0.05, 0.1) is 42.7 Å². The van der Waals surface area contributed by atoms with Gasteiger partial charge in [-0.1, -0.05) is 47.7 Å². The van der Waals surface area contributed by atoms with Gasteiger partial charge >= 0.3 is 5.97 Å². The van der Waals surface area contributed by atoms with E-state index in [1.165, 1.54) is 11.3 Å². The Kier molecular flexibility index (Phi) is 6.46. The van der Waals surface area contributed by atoms with Crippen LogP contribution in [0, 0.1) is 0 Å². The average molecular weight is 465 g/mol. The third-order valence-corrected chi connectivity index (χ3v) is 6.32. The number of aromatic nitrogens is 1. The van der Waals surface area contributed by atoms with E-state index in [1.807, 2.05) is 42.5 Å². The van der Waals surface area contributed by atoms with Crippen LogP contribution in [0.25, 0.3) is 6.08 Å². The van der Waals surface area contributed by atoms with Crippen molar-refractivity contribution < 1.29 is 19.0 Å². The fraction of sp³-hybridized carbons (Fsp3) is 0.240. The summed E-state index contributed by atoms with van der Waals surface area (Å²) in [6.07, 6.45) is 1.83. The van der Waals surface area contributed by atoms with Gasteiger partial charge in [0.15, 0.2) is 16.3 Å². The molecule has 1 aliphatic heterocycles. The molecule has 2 aromatic carbocycles. The Morgan fingerprint density at radius 1 is 1.12 bits per heavy atom. The largest absolute Gasteiger partial charge is 0.493 e. The molecule has 0 spiro atoms. The molecule has 1 aromatic heterocycles. The Balaban J connectivity index is 1.98. The van der Waals surface area contributed by atoms with Crippen molar-refractivity contribution in [3.63, 3.8) is 0 Å². The van der Waals surface area contributed by atoms with Gasteiger partial charge in [-0.15, -0.1) is 0 Å². The number of carbonyl (C=O) groups excluding carboxylic acids is 1. The fourth-order valence-corrected chi connectivity index (χ4v) is 4.88. The first-order valence-corrected chi connectivity index (χ1v) is 11.3. The molecule has 0 saturated heterocycles. The molecule has 33 heavy (non-hydrogen) atoms. The van der Waals surface area contributed by atoms with Gasteiger partial charge in [0.25, 0.3) is 5.56 Å². The second kappa shape index (κ2) is 9.46. The van der Waals surface area contributed by atoms with E-state index in [1.54, 1.807) is 44.8 Å². The van der Waals surface area contributed by atoms with Crippen LogP contribution in [0.1, 0.15) is 31.0 Å². The lowest BCUT2D eigenvalue weighted by Crippen LogP contribution is -2.39. The first-order chi connectivity index (χ1) is 16.0. The Morgan fingerprint density at radius 3 is 2.52 bits per heavy atom. The quantitative estimate of drug-likeness (QED) is 0.524. The summed E-state index contributed by atoms with van der Waals surface area (Å²) >= 11 is 1.29. The maximum absolute atomic E-state index is 13.6. The number of hydrogen-bond donors (Lipinski definition) is 0. The molecule has 0 amide bonds. The van der Waals surface area contributed by atoms with Crippen LogP contribution in [0.3, 0.4) is 0 Å². The van der Waals surface area contributed by atoms with E-state index in [4.69, 9.17) is 14.2 Å². The molecule has 1 atom stereocenters. The monoisotopic (exact) mass is 464 g/mol. The molecular weight excluding hydrogens is 440 g/mol. The predicted octanol–water partition coefficient (Wildman–Crippen LogP) is 2.82. The SMILES string of the molecule is CCOC(=O)C1=C(C)N=c2s/c(=C/c3ccccc3)c(=O)n2C1c1ccc(OC)c(OC)c1. The van der Waals surface area contributed by atoms with Crippen LogP contribution in [0.5, 0.6) is 11.5 Å². The standard InChI is InChI=1S/C25H24N2O5S/c1-5-32-24(29)21-15(2)26-25-27(22(21)17-11-12-18(30-3)19(14-17)31-4)23(28)20(33-25)13-16-9-7-6-8-10-16/h6-14,22H,5H2,1-4H3/b20-13+. The maximum atomic E-state index is 13.6. The lowest BCUT2D eigenvalue weighted by Gasteiger charge is -2.25. The van der Waals surface area contributed by atoms with Crippen LogP contribution in [0.4, 0.5) is 0 Å². The lowest BCUT2D eigenvalue weighted by atomic mass is 9.95. The van der Waals surface area contributed by atoms with Gasteiger partial charge in [0.2, 0.25) is 0 Å². The number of ether oxygens (including phenoxy) is 3. The van der Waals surface area contributed by atoms with Crippen LogP contribution >= 0.6 is 11.3 Å². The minimum atomic E-state index is -0.710. The number of fused-ring (bicyclic) bond motifs is 1. The summed E-state index contributed by atoms with van der Waals surface area (Å²) < 4.78 is 18.2. The van der Waals surface area contributed by atoms with Crippen molar-refractivity contribution in [2.75, 3.05) is 20.8 Å². The molecule has 2 heterocycles. The van der Waals surface area contributed by atoms with E-state index < -0.39 is 12.0 Å². The molecule has 1 aliphatic rings. The highest BCUT2D eigenvalue weighted by Crippen LogP contribution is 2.36. The van der Waals surface area contributed by atoms with Gasteiger partial charge in [-0.2, -0.15) is 0 Å². The summed E-state index contributed by atoms with van der Waals surface area (Å²) in [6.45, 7) is 3.72. The highest BCUT2D eigenvalue weighted by molar-refractivity contribution is 7.07. The Bertz CT molecular complexity index is 1400. The Labute approximate surface area is 194 Å². The number of allylic oxidation sites excluding steroid dienone is 1. The summed E-state index contributed by atoms with van der Waals surface area (Å²) in [5, 5.41) is 0. The second-order valence-corrected chi connectivity index (χ2v) is 8.34. The van der Waals surface area contributed by atoms with E-state index in [2.05, 4.69) is 4.99 Å². The van der Waals surface area contributed by atoms with Gasteiger partial charge in [-0.05, 0) is 43.2 Å². The molecule has 1 unspecified atom stereocenters. The number of hydrogen-bond acceptors (Lipinski definition) is 7. The molecule has 3 aromatic rings. The van der Waals surface area contributed by atoms with Gasteiger partial charge in [-0.3, -0.25) is 9.36 Å². The molecule has 0 N–H and O–H groups in total. The molecule has 0 saturated carbocycles. The first kappa shape index (κ1) is 22.5. The highest BCUT2D eigenvalue weighted by Gasteiger charge is 2.33. The van der Waals surface area contributed by atoms with Crippen molar-refractivity contribution in [3.8, 4) is 11.5 Å². The third-order valence-electron chi connectivity index (χ3n) is 5.34. The van der Waals surface area contributed by atoms with Gasteiger partial charge in [0.1, 0.15) is 0 Å². The summed E-state index contributed by atoms with van der Waals surface area (Å²) in [4.78, 5) is 31.6. The first-order valence-electron chi connectivity index (χ1n) is 10.4. The molecule has 7 nitrogen and oxygen atoms in total. The minimum Gasteiger partial charge on any atom is -0.493 e. The Morgan fingerprint density at radius 2 is 1.85 bits per heavy atom. The maximum Gasteiger partial charge on any atom is 0.338 e. The summed E-state index contributed by atoms with van der Waals surface area (Å²) in [5.74, 6) is 0.547. The molecule has 0 aliphatic carbocycles. The van der Waals surface area contributed by atoms with Gasteiger partial charge in [0, 0.05) is 0 Å². The predicted molar refractivity (Wildman–Crippen MR) is 126 cm³/mol. The van der Waals surface area contributed by atoms with E-state index in [0.717, 1.165) is 5.56 Å². The fourth-order valence-electron chi connectivity index (χ4n) is 3.83. The van der Waals surface area contributed by atoms with Crippen LogP contribution in [-0.4, -0.2) is 31.4 Å². The van der Waals surface area contributed by atoms with E-state index >= 15 is 0 Å². The van der Waals surface area contributed by atoms with Gasteiger partial charge in [-0.25, -0.2) is 9.79 Å². The number of esters is 1. The van der Waals surface area contributed by atoms with Crippen molar-refractivity contribution >= 4 is 23.4 Å². The van der Waals surface area contributed by atoms with Crippen LogP contribution in [0.15, 0.2) is 69.6 Å². The molecule has 0 fully saturated rings. The van der Waals surface area contributed by atoms with E-state index in [9.17, 15) is 9.59 Å². The van der Waals surface area contributed by atoms with Crippen LogP contribution in [-0.2, 0) is 9.53 Å². The number of carbonyl (C=O) groups is 1. The number of thiazole rings is 1. The summed E-state index contributed by atoms with van der Waals surface area (Å²) in [6, 6.07) is 14.2. The van der Waals surface area contributed by atoms with Crippen molar-refractivity contribution in [2.45, 2.75) is 19.9 Å². The minimum absolute atomic E-state index is 0.215. The Hall–Kier alpha value is -3.65. The molecule has 170 valence electrons. The third kappa shape index (κ3) is 4.21. The second-order valence-electron chi connectivity index (χ2n) is 7.33. The average Bonchev–Trinajstić information content (AvgIpc) is 3.12. The lowest BCUT2D eigenvalue weighted by molar-refractivity contribution is -0.139. The zero-order valence-corrected chi connectivity index (χ0v) is 19.6. The van der Waals surface area contributed by atoms with Crippen LogP contribution < -0.4 is 24.4 Å². The summed E-state index contributed by atoms with van der Waals surface area (Å²) in [5.41, 5.74) is 2.21. The van der Waals surface area contributed by atoms with Crippen molar-refractivity contribution in [1.82, 2.24) is 4.57 Å². The van der Waals surface area contributed by atoms with Crippen molar-refractivity contribution in [1.29, 1.82) is 0 Å².